The number of hydrogen-bond acceptors (Lipinski definition) is 0. The minimum Gasteiger partial charge on any atom is -0.147 e. The predicted octanol–water partition coefficient (Wildman–Crippen LogP) is 7.75. The molecule has 0 spiro atoms. The summed E-state index contributed by atoms with van der Waals surface area (Å²) in [5.41, 5.74) is 0. The van der Waals surface area contributed by atoms with E-state index < -0.39 is 0 Å². The van der Waals surface area contributed by atoms with Crippen LogP contribution in [0.15, 0.2) is 0 Å². The maximum atomic E-state index is 2.29. The molecular weight excluding hydrogens is 299 g/mol. The minimum absolute atomic E-state index is 0. The highest BCUT2D eigenvalue weighted by molar-refractivity contribution is 5.86. The molecule has 0 aliphatic rings. The second-order valence-electron chi connectivity index (χ2n) is 5.24. The van der Waals surface area contributed by atoms with Crippen LogP contribution in [0, 0.1) is 0 Å². The van der Waals surface area contributed by atoms with Gasteiger partial charge < -0.3 is 0 Å². The highest BCUT2D eigenvalue weighted by Gasteiger charge is 1.92. The average Bonchev–Trinajstić information content (AvgIpc) is 2.31. The Labute approximate surface area is 141 Å². The van der Waals surface area contributed by atoms with Crippen molar-refractivity contribution in [3.8, 4) is 0 Å². The van der Waals surface area contributed by atoms with E-state index in [1.807, 2.05) is 0 Å². The van der Waals surface area contributed by atoms with Gasteiger partial charge in [0.05, 0.1) is 0 Å². The number of hydrogen-bond donors (Lipinski definition) is 0. The Kier molecular flexibility index (Phi) is 40.3. The summed E-state index contributed by atoms with van der Waals surface area (Å²) < 4.78 is 0. The van der Waals surface area contributed by atoms with Crippen LogP contribution in [0.1, 0.15) is 104 Å². The summed E-state index contributed by atoms with van der Waals surface area (Å²) in [6.07, 6.45) is 20.4. The topological polar surface area (TPSA) is 0 Å². The highest BCUT2D eigenvalue weighted by atomic mass is 35.5. The largest absolute Gasteiger partial charge is 0.147 e. The molecule has 0 fully saturated rings. The van der Waals surface area contributed by atoms with Crippen LogP contribution in [0.4, 0.5) is 0 Å². The molecule has 0 saturated carbocycles. The molecule has 0 aliphatic heterocycles. The van der Waals surface area contributed by atoms with Gasteiger partial charge in [-0.3, -0.25) is 0 Å². The summed E-state index contributed by atoms with van der Waals surface area (Å²) in [5.74, 6) is 0. The fraction of sp³-hybridized carbons (Fsp3) is 1.00. The molecule has 19 heavy (non-hydrogen) atoms. The lowest BCUT2D eigenvalue weighted by Gasteiger charge is -2.02. The summed E-state index contributed by atoms with van der Waals surface area (Å²) >= 11 is 0. The van der Waals surface area contributed by atoms with Crippen molar-refractivity contribution in [2.24, 2.45) is 0 Å². The first-order valence-corrected chi connectivity index (χ1v) is 7.91. The minimum atomic E-state index is 0. The van der Waals surface area contributed by atoms with E-state index in [2.05, 4.69) is 13.8 Å². The molecule has 122 valence electrons. The van der Waals surface area contributed by atoms with Crippen LogP contribution < -0.4 is 0 Å². The van der Waals surface area contributed by atoms with Crippen LogP contribution in [-0.2, 0) is 0 Å². The van der Waals surface area contributed by atoms with Crippen molar-refractivity contribution < 1.29 is 0 Å². The lowest BCUT2D eigenvalue weighted by Crippen LogP contribution is -1.82. The Morgan fingerprint density at radius 2 is 0.474 bits per heavy atom. The summed E-state index contributed by atoms with van der Waals surface area (Å²) in [7, 11) is 0. The zero-order valence-electron chi connectivity index (χ0n) is 13.1. The van der Waals surface area contributed by atoms with Gasteiger partial charge in [-0.2, -0.15) is 0 Å². The number of rotatable bonds is 13. The zero-order chi connectivity index (χ0) is 11.9. The Hall–Kier alpha value is 0.870. The van der Waals surface area contributed by atoms with Gasteiger partial charge in [-0.05, 0) is 0 Å². The lowest BCUT2D eigenvalue weighted by molar-refractivity contribution is 0.538. The van der Waals surface area contributed by atoms with Crippen molar-refractivity contribution in [2.45, 2.75) is 104 Å². The van der Waals surface area contributed by atoms with E-state index in [-0.39, 0.29) is 37.2 Å². The normalized spacial score (nSPS) is 9.16. The zero-order valence-corrected chi connectivity index (χ0v) is 15.6. The third-order valence-electron chi connectivity index (χ3n) is 3.46. The standard InChI is InChI=1S/C16H34.3ClH/c1-3-5-7-9-11-13-15-16-14-12-10-8-6-4-2;;;/h3-16H2,1-2H3;3*1H. The molecule has 0 N–H and O–H groups in total. The Balaban J connectivity index is -0.000000375. The van der Waals surface area contributed by atoms with Gasteiger partial charge in [-0.15, -0.1) is 37.2 Å². The van der Waals surface area contributed by atoms with Gasteiger partial charge in [-0.1, -0.05) is 104 Å². The second-order valence-corrected chi connectivity index (χ2v) is 5.24. The monoisotopic (exact) mass is 334 g/mol. The lowest BCUT2D eigenvalue weighted by atomic mass is 10.0. The van der Waals surface area contributed by atoms with E-state index >= 15 is 0 Å². The van der Waals surface area contributed by atoms with E-state index in [0.29, 0.717) is 0 Å². The molecule has 0 unspecified atom stereocenters. The fourth-order valence-corrected chi connectivity index (χ4v) is 2.27. The molecule has 0 aromatic carbocycles. The van der Waals surface area contributed by atoms with Crippen molar-refractivity contribution in [3.05, 3.63) is 0 Å². The van der Waals surface area contributed by atoms with E-state index in [0.717, 1.165) is 0 Å². The summed E-state index contributed by atoms with van der Waals surface area (Å²) in [5, 5.41) is 0. The van der Waals surface area contributed by atoms with Crippen molar-refractivity contribution in [1.29, 1.82) is 0 Å². The van der Waals surface area contributed by atoms with Gasteiger partial charge >= 0.3 is 0 Å². The molecule has 0 rings (SSSR count). The second kappa shape index (κ2) is 27.3. The van der Waals surface area contributed by atoms with Crippen molar-refractivity contribution >= 4 is 37.2 Å². The predicted molar refractivity (Wildman–Crippen MR) is 97.7 cm³/mol. The fourth-order valence-electron chi connectivity index (χ4n) is 2.27. The van der Waals surface area contributed by atoms with Gasteiger partial charge in [0.2, 0.25) is 0 Å². The first kappa shape index (κ1) is 28.1. The van der Waals surface area contributed by atoms with Crippen LogP contribution in [0.25, 0.3) is 0 Å². The van der Waals surface area contributed by atoms with Crippen LogP contribution in [0.5, 0.6) is 0 Å². The average molecular weight is 336 g/mol. The Morgan fingerprint density at radius 1 is 0.316 bits per heavy atom. The molecule has 0 bridgehead atoms. The van der Waals surface area contributed by atoms with Crippen molar-refractivity contribution in [2.75, 3.05) is 0 Å². The quantitative estimate of drug-likeness (QED) is 0.302. The molecule has 0 heterocycles. The molecule has 0 atom stereocenters. The Morgan fingerprint density at radius 3 is 0.632 bits per heavy atom. The van der Waals surface area contributed by atoms with Crippen molar-refractivity contribution in [3.63, 3.8) is 0 Å². The summed E-state index contributed by atoms with van der Waals surface area (Å²) in [6.45, 7) is 4.58. The third-order valence-corrected chi connectivity index (χ3v) is 3.46. The van der Waals surface area contributed by atoms with Crippen LogP contribution in [0.3, 0.4) is 0 Å². The van der Waals surface area contributed by atoms with Gasteiger partial charge in [0.25, 0.3) is 0 Å². The first-order valence-electron chi connectivity index (χ1n) is 7.91. The van der Waals surface area contributed by atoms with Gasteiger partial charge in [0.15, 0.2) is 0 Å². The molecule has 0 aliphatic carbocycles. The summed E-state index contributed by atoms with van der Waals surface area (Å²) in [4.78, 5) is 0. The highest BCUT2D eigenvalue weighted by Crippen LogP contribution is 2.12. The van der Waals surface area contributed by atoms with E-state index in [1.165, 1.54) is 89.9 Å². The maximum Gasteiger partial charge on any atom is -0.0533 e. The summed E-state index contributed by atoms with van der Waals surface area (Å²) in [6, 6.07) is 0. The molecule has 0 aromatic heterocycles. The molecule has 0 radical (unpaired) electrons. The number of halogens is 3. The Bertz CT molecular complexity index is 105. The SMILES string of the molecule is CCCCCCCCCCCCCCCC.Cl.Cl.Cl. The third kappa shape index (κ3) is 27.9. The molecule has 0 saturated heterocycles. The van der Waals surface area contributed by atoms with Crippen LogP contribution in [0.2, 0.25) is 0 Å². The number of unbranched alkanes of at least 4 members (excludes halogenated alkanes) is 13. The molecular formula is C16H37Cl3. The van der Waals surface area contributed by atoms with E-state index in [4.69, 9.17) is 0 Å². The molecule has 3 heteroatoms. The van der Waals surface area contributed by atoms with Crippen molar-refractivity contribution in [1.82, 2.24) is 0 Å². The van der Waals surface area contributed by atoms with Gasteiger partial charge in [-0.25, -0.2) is 0 Å². The van der Waals surface area contributed by atoms with Gasteiger partial charge in [0, 0.05) is 0 Å². The van der Waals surface area contributed by atoms with E-state index in [1.54, 1.807) is 0 Å². The van der Waals surface area contributed by atoms with Crippen LogP contribution in [-0.4, -0.2) is 0 Å². The molecule has 0 amide bonds. The van der Waals surface area contributed by atoms with Gasteiger partial charge in [0.1, 0.15) is 0 Å². The molecule has 0 aromatic rings. The maximum absolute atomic E-state index is 2.29. The van der Waals surface area contributed by atoms with Crippen LogP contribution >= 0.6 is 37.2 Å². The molecule has 0 nitrogen and oxygen atoms in total. The van der Waals surface area contributed by atoms with E-state index in [9.17, 15) is 0 Å². The first-order chi connectivity index (χ1) is 7.91. The smallest absolute Gasteiger partial charge is 0.0533 e.